The lowest BCUT2D eigenvalue weighted by molar-refractivity contribution is -0.117. The molecule has 168 valence electrons. The molecule has 3 aromatic carbocycles. The highest BCUT2D eigenvalue weighted by Gasteiger charge is 2.25. The summed E-state index contributed by atoms with van der Waals surface area (Å²) in [5, 5.41) is 2.92. The number of rotatable bonds is 9. The first-order valence-corrected chi connectivity index (χ1v) is 11.7. The van der Waals surface area contributed by atoms with Crippen LogP contribution in [0, 0.1) is 0 Å². The van der Waals surface area contributed by atoms with Gasteiger partial charge in [0.05, 0.1) is 12.6 Å². The third-order valence-electron chi connectivity index (χ3n) is 4.32. The highest BCUT2D eigenvalue weighted by atomic mass is 35.5. The fourth-order valence-electron chi connectivity index (χ4n) is 2.80. The van der Waals surface area contributed by atoms with E-state index in [0.717, 1.165) is 0 Å². The predicted octanol–water partition coefficient (Wildman–Crippen LogP) is 4.84. The number of sulfonamides is 1. The maximum Gasteiger partial charge on any atom is 0.245 e. The molecule has 0 radical (unpaired) electrons. The van der Waals surface area contributed by atoms with Gasteiger partial charge in [-0.2, -0.15) is 4.72 Å². The van der Waals surface area contributed by atoms with Crippen LogP contribution >= 0.6 is 11.6 Å². The third-order valence-corrected chi connectivity index (χ3v) is 6.12. The largest absolute Gasteiger partial charge is 0.492 e. The van der Waals surface area contributed by atoms with Crippen molar-refractivity contribution in [2.75, 3.05) is 11.9 Å². The van der Waals surface area contributed by atoms with Crippen molar-refractivity contribution in [3.05, 3.63) is 77.8 Å². The molecule has 0 aliphatic heterocycles. The smallest absolute Gasteiger partial charge is 0.245 e. The Morgan fingerprint density at radius 2 is 1.66 bits per heavy atom. The first-order chi connectivity index (χ1) is 15.3. The fourth-order valence-corrected chi connectivity index (χ4v) is 4.41. The second-order valence-corrected chi connectivity index (χ2v) is 8.91. The van der Waals surface area contributed by atoms with Crippen LogP contribution in [0.15, 0.2) is 77.7 Å². The summed E-state index contributed by atoms with van der Waals surface area (Å²) in [6, 6.07) is 19.3. The molecule has 0 bridgehead atoms. The van der Waals surface area contributed by atoms with Gasteiger partial charge < -0.3 is 14.8 Å². The summed E-state index contributed by atoms with van der Waals surface area (Å²) in [6.07, 6.45) is 0. The van der Waals surface area contributed by atoms with Gasteiger partial charge in [0.1, 0.15) is 22.1 Å². The second-order valence-electron chi connectivity index (χ2n) is 6.80. The van der Waals surface area contributed by atoms with Gasteiger partial charge in [0, 0.05) is 10.7 Å². The van der Waals surface area contributed by atoms with Crippen LogP contribution in [0.3, 0.4) is 0 Å². The van der Waals surface area contributed by atoms with Gasteiger partial charge in [0.15, 0.2) is 0 Å². The standard InChI is InChI=1S/C23H23ClN2O5S/c1-3-30-21-14-9-17(24)15-22(21)32(28,29)26-16(2)23(27)25-18-10-12-20(13-11-18)31-19-7-5-4-6-8-19/h4-16,26H,3H2,1-2H3,(H,25,27). The van der Waals surface area contributed by atoms with E-state index in [2.05, 4.69) is 10.0 Å². The number of para-hydroxylation sites is 1. The van der Waals surface area contributed by atoms with Gasteiger partial charge >= 0.3 is 0 Å². The van der Waals surface area contributed by atoms with Crippen LogP contribution in [0.2, 0.25) is 5.02 Å². The minimum atomic E-state index is -4.05. The van der Waals surface area contributed by atoms with Crippen LogP contribution in [-0.2, 0) is 14.8 Å². The van der Waals surface area contributed by atoms with E-state index in [1.54, 1.807) is 31.2 Å². The number of benzene rings is 3. The van der Waals surface area contributed by atoms with E-state index in [1.165, 1.54) is 25.1 Å². The van der Waals surface area contributed by atoms with E-state index in [9.17, 15) is 13.2 Å². The van der Waals surface area contributed by atoms with Crippen molar-refractivity contribution in [3.8, 4) is 17.2 Å². The molecule has 3 aromatic rings. The molecule has 0 aliphatic carbocycles. The first-order valence-electron chi connectivity index (χ1n) is 9.87. The van der Waals surface area contributed by atoms with Crippen LogP contribution in [0.4, 0.5) is 5.69 Å². The second kappa shape index (κ2) is 10.5. The minimum Gasteiger partial charge on any atom is -0.492 e. The van der Waals surface area contributed by atoms with Crippen molar-refractivity contribution in [2.24, 2.45) is 0 Å². The van der Waals surface area contributed by atoms with Crippen LogP contribution in [-0.4, -0.2) is 27.0 Å². The van der Waals surface area contributed by atoms with Gasteiger partial charge in [-0.15, -0.1) is 0 Å². The highest BCUT2D eigenvalue weighted by Crippen LogP contribution is 2.28. The van der Waals surface area contributed by atoms with Gasteiger partial charge in [-0.3, -0.25) is 4.79 Å². The zero-order valence-electron chi connectivity index (χ0n) is 17.5. The Balaban J connectivity index is 1.65. The van der Waals surface area contributed by atoms with Gasteiger partial charge in [0.25, 0.3) is 0 Å². The predicted molar refractivity (Wildman–Crippen MR) is 124 cm³/mol. The Kier molecular flexibility index (Phi) is 7.74. The molecule has 0 aliphatic rings. The summed E-state index contributed by atoms with van der Waals surface area (Å²) in [6.45, 7) is 3.47. The van der Waals surface area contributed by atoms with Gasteiger partial charge in [-0.05, 0) is 68.4 Å². The summed E-state index contributed by atoms with van der Waals surface area (Å²) < 4.78 is 39.1. The molecule has 0 fully saturated rings. The van der Waals surface area contributed by atoms with Crippen molar-refractivity contribution < 1.29 is 22.7 Å². The number of amides is 1. The molecule has 0 heterocycles. The lowest BCUT2D eigenvalue weighted by Crippen LogP contribution is -2.41. The van der Waals surface area contributed by atoms with E-state index in [4.69, 9.17) is 21.1 Å². The zero-order chi connectivity index (χ0) is 23.1. The summed E-state index contributed by atoms with van der Waals surface area (Å²) in [7, 11) is -4.05. The molecule has 1 unspecified atom stereocenters. The van der Waals surface area contributed by atoms with Crippen molar-refractivity contribution in [3.63, 3.8) is 0 Å². The lowest BCUT2D eigenvalue weighted by Gasteiger charge is -2.17. The number of hydrogen-bond acceptors (Lipinski definition) is 5. The molecular weight excluding hydrogens is 452 g/mol. The zero-order valence-corrected chi connectivity index (χ0v) is 19.1. The highest BCUT2D eigenvalue weighted by molar-refractivity contribution is 7.89. The number of hydrogen-bond donors (Lipinski definition) is 2. The van der Waals surface area contributed by atoms with Crippen molar-refractivity contribution in [1.29, 1.82) is 0 Å². The van der Waals surface area contributed by atoms with E-state index in [1.807, 2.05) is 30.3 Å². The number of ether oxygens (including phenoxy) is 2. The molecule has 2 N–H and O–H groups in total. The summed E-state index contributed by atoms with van der Waals surface area (Å²) in [5.41, 5.74) is 0.499. The Morgan fingerprint density at radius 1 is 1.00 bits per heavy atom. The number of nitrogens with one attached hydrogen (secondary N) is 2. The van der Waals surface area contributed by atoms with Gasteiger partial charge in [-0.1, -0.05) is 29.8 Å². The average Bonchev–Trinajstić information content (AvgIpc) is 2.77. The van der Waals surface area contributed by atoms with E-state index in [-0.39, 0.29) is 22.3 Å². The number of carbonyl (C=O) groups is 1. The van der Waals surface area contributed by atoms with E-state index >= 15 is 0 Å². The molecule has 0 saturated carbocycles. The molecule has 1 atom stereocenters. The van der Waals surface area contributed by atoms with Crippen molar-refractivity contribution in [1.82, 2.24) is 4.72 Å². The van der Waals surface area contributed by atoms with E-state index < -0.39 is 22.0 Å². The molecule has 32 heavy (non-hydrogen) atoms. The Morgan fingerprint density at radius 3 is 2.31 bits per heavy atom. The molecule has 0 saturated heterocycles. The van der Waals surface area contributed by atoms with E-state index in [0.29, 0.717) is 17.2 Å². The monoisotopic (exact) mass is 474 g/mol. The Bertz CT molecular complexity index is 1170. The molecular formula is C23H23ClN2O5S. The maximum absolute atomic E-state index is 12.8. The average molecular weight is 475 g/mol. The molecule has 1 amide bonds. The summed E-state index contributed by atoms with van der Waals surface area (Å²) >= 11 is 5.96. The fraction of sp³-hybridized carbons (Fsp3) is 0.174. The minimum absolute atomic E-state index is 0.131. The maximum atomic E-state index is 12.8. The normalized spacial score (nSPS) is 12.1. The van der Waals surface area contributed by atoms with Gasteiger partial charge in [0.2, 0.25) is 15.9 Å². The quantitative estimate of drug-likeness (QED) is 0.463. The summed E-state index contributed by atoms with van der Waals surface area (Å²) in [5.74, 6) is 0.934. The number of halogens is 1. The topological polar surface area (TPSA) is 93.7 Å². The molecule has 0 spiro atoms. The summed E-state index contributed by atoms with van der Waals surface area (Å²) in [4.78, 5) is 12.4. The molecule has 3 rings (SSSR count). The van der Waals surface area contributed by atoms with Crippen LogP contribution in [0.25, 0.3) is 0 Å². The van der Waals surface area contributed by atoms with Crippen LogP contribution in [0.1, 0.15) is 13.8 Å². The van der Waals surface area contributed by atoms with Crippen LogP contribution in [0.5, 0.6) is 17.2 Å². The molecule has 7 nitrogen and oxygen atoms in total. The number of carbonyl (C=O) groups excluding carboxylic acids is 1. The Labute approximate surface area is 192 Å². The van der Waals surface area contributed by atoms with Gasteiger partial charge in [-0.25, -0.2) is 8.42 Å². The molecule has 0 aromatic heterocycles. The van der Waals surface area contributed by atoms with Crippen molar-refractivity contribution in [2.45, 2.75) is 24.8 Å². The SMILES string of the molecule is CCOc1ccc(Cl)cc1S(=O)(=O)NC(C)C(=O)Nc1ccc(Oc2ccccc2)cc1. The molecule has 9 heteroatoms. The third kappa shape index (κ3) is 6.23. The van der Waals surface area contributed by atoms with Crippen LogP contribution < -0.4 is 19.5 Å². The number of anilines is 1. The van der Waals surface area contributed by atoms with Crippen molar-refractivity contribution >= 4 is 33.2 Å². The lowest BCUT2D eigenvalue weighted by atomic mass is 10.2. The Hall–Kier alpha value is -3.07. The first kappa shape index (κ1) is 23.6.